The lowest BCUT2D eigenvalue weighted by Gasteiger charge is -2.22. The number of thiazole rings is 1. The molecule has 1 aromatic rings. The van der Waals surface area contributed by atoms with Crippen LogP contribution in [0.4, 0.5) is 0 Å². The van der Waals surface area contributed by atoms with Gasteiger partial charge < -0.3 is 15.7 Å². The number of amides is 1. The monoisotopic (exact) mass is 283 g/mol. The zero-order valence-corrected chi connectivity index (χ0v) is 11.5. The molecule has 0 spiro atoms. The molecule has 6 nitrogen and oxygen atoms in total. The quantitative estimate of drug-likeness (QED) is 0.764. The van der Waals surface area contributed by atoms with Gasteiger partial charge in [0.1, 0.15) is 9.88 Å². The second kappa shape index (κ2) is 6.12. The number of nitrogens with zero attached hydrogens (tertiary/aromatic N) is 1. The van der Waals surface area contributed by atoms with Crippen molar-refractivity contribution in [1.82, 2.24) is 15.6 Å². The van der Waals surface area contributed by atoms with Gasteiger partial charge in [-0.1, -0.05) is 6.42 Å². The topological polar surface area (TPSA) is 91.3 Å². The first-order chi connectivity index (χ1) is 9.08. The van der Waals surface area contributed by atoms with Gasteiger partial charge in [0, 0.05) is 0 Å². The summed E-state index contributed by atoms with van der Waals surface area (Å²) in [5, 5.41) is 15.5. The number of rotatable bonds is 4. The Morgan fingerprint density at radius 2 is 2.32 bits per heavy atom. The molecule has 0 unspecified atom stereocenters. The van der Waals surface area contributed by atoms with Gasteiger partial charge in [0.25, 0.3) is 0 Å². The van der Waals surface area contributed by atoms with Crippen molar-refractivity contribution in [2.75, 3.05) is 6.54 Å². The first-order valence-electron chi connectivity index (χ1n) is 6.28. The largest absolute Gasteiger partial charge is 0.477 e. The van der Waals surface area contributed by atoms with E-state index >= 15 is 0 Å². The van der Waals surface area contributed by atoms with Crippen molar-refractivity contribution in [2.45, 2.75) is 38.8 Å². The maximum absolute atomic E-state index is 11.9. The Hall–Kier alpha value is -1.47. The molecular weight excluding hydrogens is 266 g/mol. The van der Waals surface area contributed by atoms with Crippen LogP contribution in [0.3, 0.4) is 0 Å². The van der Waals surface area contributed by atoms with E-state index in [0.29, 0.717) is 10.7 Å². The molecule has 0 aromatic carbocycles. The van der Waals surface area contributed by atoms with Crippen LogP contribution in [-0.4, -0.2) is 34.6 Å². The highest BCUT2D eigenvalue weighted by atomic mass is 32.1. The van der Waals surface area contributed by atoms with Crippen LogP contribution in [0, 0.1) is 6.92 Å². The molecule has 7 heteroatoms. The number of nitrogens with one attached hydrogen (secondary N) is 2. The van der Waals surface area contributed by atoms with Gasteiger partial charge in [-0.2, -0.15) is 0 Å². The van der Waals surface area contributed by atoms with E-state index in [1.807, 2.05) is 0 Å². The molecule has 1 aliphatic rings. The van der Waals surface area contributed by atoms with Crippen LogP contribution in [-0.2, 0) is 11.3 Å². The lowest BCUT2D eigenvalue weighted by Crippen LogP contribution is -2.46. The summed E-state index contributed by atoms with van der Waals surface area (Å²) in [7, 11) is 0. The van der Waals surface area contributed by atoms with Crippen LogP contribution in [0.2, 0.25) is 0 Å². The molecule has 104 valence electrons. The van der Waals surface area contributed by atoms with Crippen molar-refractivity contribution < 1.29 is 14.7 Å². The Labute approximate surface area is 115 Å². The van der Waals surface area contributed by atoms with Crippen molar-refractivity contribution in [3.05, 3.63) is 15.6 Å². The predicted octanol–water partition coefficient (Wildman–Crippen LogP) is 0.908. The van der Waals surface area contributed by atoms with Crippen molar-refractivity contribution in [3.63, 3.8) is 0 Å². The number of hydrogen-bond acceptors (Lipinski definition) is 5. The standard InChI is InChI=1S/C12H17N3O3S/c1-7-10(12(17)18)19-9(15-7)6-14-11(16)8-4-2-3-5-13-8/h8,13H,2-6H2,1H3,(H,14,16)(H,17,18)/t8-/m1/s1. The highest BCUT2D eigenvalue weighted by Crippen LogP contribution is 2.17. The summed E-state index contributed by atoms with van der Waals surface area (Å²) in [6, 6.07) is -0.131. The van der Waals surface area contributed by atoms with E-state index < -0.39 is 5.97 Å². The van der Waals surface area contributed by atoms with E-state index in [1.54, 1.807) is 6.92 Å². The van der Waals surface area contributed by atoms with Crippen LogP contribution in [0.1, 0.15) is 39.6 Å². The summed E-state index contributed by atoms with van der Waals surface area (Å²) < 4.78 is 0. The molecule has 2 rings (SSSR count). The van der Waals surface area contributed by atoms with E-state index in [-0.39, 0.29) is 23.4 Å². The summed E-state index contributed by atoms with van der Waals surface area (Å²) >= 11 is 1.11. The van der Waals surface area contributed by atoms with Crippen LogP contribution in [0.15, 0.2) is 0 Å². The zero-order chi connectivity index (χ0) is 13.8. The minimum atomic E-state index is -0.971. The fourth-order valence-corrected chi connectivity index (χ4v) is 2.93. The minimum absolute atomic E-state index is 0.0376. The Morgan fingerprint density at radius 3 is 2.89 bits per heavy atom. The molecule has 0 saturated carbocycles. The number of carboxylic acids is 1. The van der Waals surface area contributed by atoms with Crippen LogP contribution in [0.25, 0.3) is 0 Å². The molecule has 1 fully saturated rings. The van der Waals surface area contributed by atoms with Crippen molar-refractivity contribution in [3.8, 4) is 0 Å². The maximum atomic E-state index is 11.9. The lowest BCUT2D eigenvalue weighted by atomic mass is 10.0. The smallest absolute Gasteiger partial charge is 0.347 e. The third kappa shape index (κ3) is 3.51. The third-order valence-electron chi connectivity index (χ3n) is 3.08. The summed E-state index contributed by atoms with van der Waals surface area (Å²) in [5.41, 5.74) is 0.498. The molecule has 0 bridgehead atoms. The van der Waals surface area contributed by atoms with Crippen molar-refractivity contribution in [1.29, 1.82) is 0 Å². The van der Waals surface area contributed by atoms with Crippen molar-refractivity contribution >= 4 is 23.2 Å². The molecule has 2 heterocycles. The second-order valence-electron chi connectivity index (χ2n) is 4.55. The first kappa shape index (κ1) is 14.0. The van der Waals surface area contributed by atoms with Gasteiger partial charge in [-0.15, -0.1) is 11.3 Å². The molecular formula is C12H17N3O3S. The molecule has 3 N–H and O–H groups in total. The van der Waals surface area contributed by atoms with Gasteiger partial charge >= 0.3 is 5.97 Å². The van der Waals surface area contributed by atoms with E-state index in [2.05, 4.69) is 15.6 Å². The Kier molecular flexibility index (Phi) is 4.49. The van der Waals surface area contributed by atoms with E-state index in [1.165, 1.54) is 0 Å². The number of hydrogen-bond donors (Lipinski definition) is 3. The van der Waals surface area contributed by atoms with E-state index in [0.717, 1.165) is 37.1 Å². The molecule has 1 aromatic heterocycles. The van der Waals surface area contributed by atoms with Gasteiger partial charge in [0.05, 0.1) is 18.3 Å². The highest BCUT2D eigenvalue weighted by molar-refractivity contribution is 7.13. The summed E-state index contributed by atoms with van der Waals surface area (Å²) in [4.78, 5) is 27.2. The number of carbonyl (C=O) groups excluding carboxylic acids is 1. The Balaban J connectivity index is 1.89. The van der Waals surface area contributed by atoms with E-state index in [4.69, 9.17) is 5.11 Å². The predicted molar refractivity (Wildman–Crippen MR) is 71.3 cm³/mol. The van der Waals surface area contributed by atoms with Gasteiger partial charge in [0.2, 0.25) is 5.91 Å². The highest BCUT2D eigenvalue weighted by Gasteiger charge is 2.21. The lowest BCUT2D eigenvalue weighted by molar-refractivity contribution is -0.123. The van der Waals surface area contributed by atoms with E-state index in [9.17, 15) is 9.59 Å². The van der Waals surface area contributed by atoms with Crippen LogP contribution in [0.5, 0.6) is 0 Å². The third-order valence-corrected chi connectivity index (χ3v) is 4.22. The molecule has 1 saturated heterocycles. The number of aromatic nitrogens is 1. The first-order valence-corrected chi connectivity index (χ1v) is 7.10. The number of aryl methyl sites for hydroxylation is 1. The van der Waals surface area contributed by atoms with Crippen molar-refractivity contribution in [2.24, 2.45) is 0 Å². The van der Waals surface area contributed by atoms with Crippen LogP contribution < -0.4 is 10.6 Å². The molecule has 1 aliphatic heterocycles. The Bertz CT molecular complexity index is 481. The molecule has 1 atom stereocenters. The second-order valence-corrected chi connectivity index (χ2v) is 5.63. The SMILES string of the molecule is Cc1nc(CNC(=O)[C@H]2CCCCN2)sc1C(=O)O. The maximum Gasteiger partial charge on any atom is 0.347 e. The normalized spacial score (nSPS) is 19.1. The van der Waals surface area contributed by atoms with Gasteiger partial charge in [-0.3, -0.25) is 4.79 Å². The summed E-state index contributed by atoms with van der Waals surface area (Å²) in [5.74, 6) is -1.01. The Morgan fingerprint density at radius 1 is 1.53 bits per heavy atom. The molecule has 0 radical (unpaired) electrons. The number of carboxylic acid groups (broad SMARTS) is 1. The number of carbonyl (C=O) groups is 2. The summed E-state index contributed by atoms with van der Waals surface area (Å²) in [6.45, 7) is 2.82. The minimum Gasteiger partial charge on any atom is -0.477 e. The fraction of sp³-hybridized carbons (Fsp3) is 0.583. The molecule has 1 amide bonds. The average Bonchev–Trinajstić information content (AvgIpc) is 2.78. The van der Waals surface area contributed by atoms with Gasteiger partial charge in [-0.25, -0.2) is 9.78 Å². The summed E-state index contributed by atoms with van der Waals surface area (Å²) in [6.07, 6.45) is 3.02. The average molecular weight is 283 g/mol. The fourth-order valence-electron chi connectivity index (χ4n) is 2.09. The zero-order valence-electron chi connectivity index (χ0n) is 10.7. The molecule has 19 heavy (non-hydrogen) atoms. The van der Waals surface area contributed by atoms with Crippen LogP contribution >= 0.6 is 11.3 Å². The van der Waals surface area contributed by atoms with Gasteiger partial charge in [-0.05, 0) is 26.3 Å². The number of piperidine rings is 1. The number of aromatic carboxylic acids is 1. The van der Waals surface area contributed by atoms with Gasteiger partial charge in [0.15, 0.2) is 0 Å². The molecule has 0 aliphatic carbocycles.